The zero-order valence-electron chi connectivity index (χ0n) is 27.6. The molecule has 4 aliphatic rings. The van der Waals surface area contributed by atoms with Crippen LogP contribution in [0.4, 0.5) is 0 Å². The second-order valence-corrected chi connectivity index (χ2v) is 15.2. The average molecular weight is 721 g/mol. The Hall–Kier alpha value is -3.32. The molecule has 2 aromatic heterocycles. The molecule has 7 heteroatoms. The Morgan fingerprint density at radius 2 is 1.18 bits per heavy atom. The predicted molar refractivity (Wildman–Crippen MR) is 202 cm³/mol. The molecule has 4 bridgehead atoms. The van der Waals surface area contributed by atoms with Crippen LogP contribution in [0.15, 0.2) is 134 Å². The summed E-state index contributed by atoms with van der Waals surface area (Å²) in [6.45, 7) is 0. The van der Waals surface area contributed by atoms with E-state index in [1.54, 1.807) is 24.8 Å². The van der Waals surface area contributed by atoms with Crippen molar-refractivity contribution in [1.29, 1.82) is 0 Å². The van der Waals surface area contributed by atoms with E-state index in [1.807, 2.05) is 42.7 Å². The molecule has 49 heavy (non-hydrogen) atoms. The van der Waals surface area contributed by atoms with Gasteiger partial charge in [0.1, 0.15) is 0 Å². The van der Waals surface area contributed by atoms with Gasteiger partial charge in [-0.3, -0.25) is 19.9 Å². The number of aromatic nitrogens is 4. The summed E-state index contributed by atoms with van der Waals surface area (Å²) in [5.41, 5.74) is 9.71. The quantitative estimate of drug-likeness (QED) is 0.0938. The van der Waals surface area contributed by atoms with Gasteiger partial charge in [0.2, 0.25) is 0 Å². The van der Waals surface area contributed by atoms with Crippen molar-refractivity contribution in [1.82, 2.24) is 19.9 Å². The van der Waals surface area contributed by atoms with Crippen LogP contribution < -0.4 is 0 Å². The van der Waals surface area contributed by atoms with Crippen molar-refractivity contribution < 1.29 is 17.1 Å². The minimum Gasteiger partial charge on any atom is -0.748 e. The molecular formula is C42H42FeN4P2-6. The van der Waals surface area contributed by atoms with Crippen LogP contribution in [0.1, 0.15) is 54.6 Å². The third-order valence-corrected chi connectivity index (χ3v) is 13.1. The summed E-state index contributed by atoms with van der Waals surface area (Å²) in [6, 6.07) is 34.5. The molecule has 0 spiro atoms. The van der Waals surface area contributed by atoms with Crippen LogP contribution >= 0.6 is 18.5 Å². The monoisotopic (exact) mass is 720 g/mol. The number of nitrogens with zero attached hydrogens (tertiary/aromatic N) is 4. The van der Waals surface area contributed by atoms with E-state index in [0.29, 0.717) is 11.8 Å². The minimum atomic E-state index is -0.726. The van der Waals surface area contributed by atoms with Crippen LogP contribution in [0.25, 0.3) is 22.3 Å². The fraction of sp³-hybridized carbons (Fsp3) is 0.286. The smallest absolute Gasteiger partial charge is 0.0795 e. The maximum absolute atomic E-state index is 4.96. The Balaban J connectivity index is 0.000000581. The minimum absolute atomic E-state index is 0. The van der Waals surface area contributed by atoms with Gasteiger partial charge in [-0.1, -0.05) is 71.8 Å². The fourth-order valence-corrected chi connectivity index (χ4v) is 11.1. The number of benzene rings is 2. The van der Waals surface area contributed by atoms with Gasteiger partial charge in [0, 0.05) is 54.2 Å². The molecule has 2 heterocycles. The Kier molecular flexibility index (Phi) is 10.1. The molecule has 4 aliphatic carbocycles. The van der Waals surface area contributed by atoms with Crippen LogP contribution in [0.2, 0.25) is 0 Å². The van der Waals surface area contributed by atoms with E-state index in [2.05, 4.69) is 95.2 Å². The normalized spacial score (nSPS) is 23.7. The first-order valence-corrected chi connectivity index (χ1v) is 18.7. The second-order valence-electron chi connectivity index (χ2n) is 14.0. The van der Waals surface area contributed by atoms with Gasteiger partial charge >= 0.3 is 0 Å². The van der Waals surface area contributed by atoms with E-state index in [9.17, 15) is 0 Å². The summed E-state index contributed by atoms with van der Waals surface area (Å²) in [6.07, 6.45) is 18.8. The topological polar surface area (TPSA) is 51.6 Å². The van der Waals surface area contributed by atoms with Crippen molar-refractivity contribution in [2.45, 2.75) is 42.7 Å². The van der Waals surface area contributed by atoms with Crippen LogP contribution in [0.5, 0.6) is 0 Å². The number of hydrogen-bond donors (Lipinski definition) is 0. The molecule has 0 N–H and O–H groups in total. The molecule has 4 aromatic carbocycles. The third-order valence-electron chi connectivity index (χ3n) is 11.5. The summed E-state index contributed by atoms with van der Waals surface area (Å²) in [5, 5.41) is -0.726. The molecule has 0 amide bonds. The molecule has 10 rings (SSSR count). The van der Waals surface area contributed by atoms with E-state index in [0.717, 1.165) is 29.4 Å². The van der Waals surface area contributed by atoms with E-state index in [-0.39, 0.29) is 22.5 Å². The molecule has 0 aliphatic heterocycles. The predicted octanol–water partition coefficient (Wildman–Crippen LogP) is 9.46. The van der Waals surface area contributed by atoms with Crippen LogP contribution in [0.3, 0.4) is 0 Å². The second kappa shape index (κ2) is 14.5. The standard InChI is InChI=1S/C37H37N4P2.C5H5.Fe/c42-23-36(28-16-24-15-25(18-28)19-29(36)17-24)35-31(37(43,32-21-38-11-13-40-32)33-22-39-12-14-41-33)20-30(26-7-3-1-4-8-26)34(35)27-9-5-2-6-10-27;1-2-4-5-3-1;/h1-14,20-22,24-25,28-29H,15-19,23,42-43H2;1-5H;/q-1;-5;. The zero-order chi connectivity index (χ0) is 32.6. The average Bonchev–Trinajstić information content (AvgIpc) is 3.87. The molecule has 4 nitrogen and oxygen atoms in total. The van der Waals surface area contributed by atoms with Crippen molar-refractivity contribution >= 4 is 18.5 Å². The van der Waals surface area contributed by atoms with Crippen LogP contribution in [0, 0.1) is 23.7 Å². The van der Waals surface area contributed by atoms with Crippen molar-refractivity contribution in [3.8, 4) is 22.3 Å². The fourth-order valence-electron chi connectivity index (χ4n) is 9.70. The molecular weight excluding hydrogens is 678 g/mol. The first-order valence-electron chi connectivity index (χ1n) is 17.3. The Labute approximate surface area is 305 Å². The Morgan fingerprint density at radius 1 is 0.694 bits per heavy atom. The molecule has 6 aromatic rings. The van der Waals surface area contributed by atoms with Gasteiger partial charge in [0.25, 0.3) is 0 Å². The first-order chi connectivity index (χ1) is 23.6. The third kappa shape index (κ3) is 5.98. The zero-order valence-corrected chi connectivity index (χ0v) is 31.0. The number of rotatable bonds is 7. The largest absolute Gasteiger partial charge is 0.748 e. The summed E-state index contributed by atoms with van der Waals surface area (Å²) in [4.78, 5) is 19.1. The van der Waals surface area contributed by atoms with Gasteiger partial charge in [-0.15, -0.1) is 40.7 Å². The van der Waals surface area contributed by atoms with E-state index in [1.165, 1.54) is 65.5 Å². The van der Waals surface area contributed by atoms with Crippen molar-refractivity contribution in [3.63, 3.8) is 0 Å². The summed E-state index contributed by atoms with van der Waals surface area (Å²) in [5.74, 6) is 3.07. The Morgan fingerprint density at radius 3 is 1.63 bits per heavy atom. The van der Waals surface area contributed by atoms with Crippen molar-refractivity contribution in [2.75, 3.05) is 6.16 Å². The molecule has 0 saturated heterocycles. The van der Waals surface area contributed by atoms with E-state index < -0.39 is 5.16 Å². The van der Waals surface area contributed by atoms with Gasteiger partial charge in [0.05, 0.1) is 16.5 Å². The van der Waals surface area contributed by atoms with Gasteiger partial charge < -0.3 is 30.3 Å². The number of hydrogen-bond acceptors (Lipinski definition) is 4. The van der Waals surface area contributed by atoms with E-state index >= 15 is 0 Å². The van der Waals surface area contributed by atoms with Gasteiger partial charge in [0.15, 0.2) is 0 Å². The van der Waals surface area contributed by atoms with Gasteiger partial charge in [-0.25, -0.2) is 0 Å². The first kappa shape index (κ1) is 34.1. The maximum Gasteiger partial charge on any atom is 0.0795 e. The molecule has 0 radical (unpaired) electrons. The summed E-state index contributed by atoms with van der Waals surface area (Å²) in [7, 11) is 6.46. The SMILES string of the molecule is PCC1([c-]2c(C(P)(c3cnccn3)c3cnccn3)cc(-c3ccccc3)c2-c2ccccc2)C2CC3CC(C2)CC1C3.[Fe].[cH-]1[cH-][cH-][cH-][cH-]1. The summed E-state index contributed by atoms with van der Waals surface area (Å²) >= 11 is 0. The van der Waals surface area contributed by atoms with Crippen molar-refractivity contribution in [3.05, 3.63) is 157 Å². The molecule has 4 saturated carbocycles. The molecule has 4 fully saturated rings. The molecule has 254 valence electrons. The van der Waals surface area contributed by atoms with Gasteiger partial charge in [-0.2, -0.15) is 6.07 Å². The van der Waals surface area contributed by atoms with Crippen LogP contribution in [-0.4, -0.2) is 26.1 Å². The molecule has 2 atom stereocenters. The van der Waals surface area contributed by atoms with Gasteiger partial charge in [-0.05, 0) is 67.4 Å². The summed E-state index contributed by atoms with van der Waals surface area (Å²) < 4.78 is 0. The molecule has 2 unspecified atom stereocenters. The Bertz CT molecular complexity index is 1840. The van der Waals surface area contributed by atoms with Crippen LogP contribution in [-0.2, 0) is 27.6 Å². The maximum atomic E-state index is 4.96. The van der Waals surface area contributed by atoms with E-state index in [4.69, 9.17) is 9.97 Å². The van der Waals surface area contributed by atoms with Crippen molar-refractivity contribution in [2.24, 2.45) is 23.7 Å².